The minimum Gasteiger partial charge on any atom is -0.376 e. The highest BCUT2D eigenvalue weighted by atomic mass is 32.2. The first-order chi connectivity index (χ1) is 13.6. The van der Waals surface area contributed by atoms with E-state index in [0.29, 0.717) is 18.8 Å². The van der Waals surface area contributed by atoms with Crippen molar-refractivity contribution in [3.05, 3.63) is 47.3 Å². The Bertz CT molecular complexity index is 951. The van der Waals surface area contributed by atoms with Crippen LogP contribution in [-0.2, 0) is 40.4 Å². The summed E-state index contributed by atoms with van der Waals surface area (Å²) in [7, 11) is -1.85. The molecule has 10 heteroatoms. The molecule has 0 N–H and O–H groups in total. The van der Waals surface area contributed by atoms with Crippen molar-refractivity contribution in [3.8, 4) is 0 Å². The van der Waals surface area contributed by atoms with Gasteiger partial charge in [-0.3, -0.25) is 4.90 Å². The van der Waals surface area contributed by atoms with Gasteiger partial charge in [-0.05, 0) is 31.5 Å². The molecule has 1 aliphatic rings. The molecule has 0 radical (unpaired) electrons. The van der Waals surface area contributed by atoms with Gasteiger partial charge in [0.1, 0.15) is 0 Å². The summed E-state index contributed by atoms with van der Waals surface area (Å²) in [6.07, 6.45) is -0.221. The maximum Gasteiger partial charge on any atom is 0.416 e. The summed E-state index contributed by atoms with van der Waals surface area (Å²) >= 11 is 0. The van der Waals surface area contributed by atoms with Crippen molar-refractivity contribution in [1.29, 1.82) is 0 Å². The van der Waals surface area contributed by atoms with Gasteiger partial charge in [-0.2, -0.15) is 13.2 Å². The molecule has 2 heterocycles. The fraction of sp³-hybridized carbons (Fsp3) is 0.526. The zero-order valence-electron chi connectivity index (χ0n) is 16.3. The molecule has 1 atom stereocenters. The molecule has 29 heavy (non-hydrogen) atoms. The van der Waals surface area contributed by atoms with E-state index in [0.717, 1.165) is 25.2 Å². The Balaban J connectivity index is 1.82. The number of imidazole rings is 1. The lowest BCUT2D eigenvalue weighted by Crippen LogP contribution is -2.25. The number of hydrogen-bond donors (Lipinski definition) is 0. The largest absolute Gasteiger partial charge is 0.416 e. The summed E-state index contributed by atoms with van der Waals surface area (Å²) in [6, 6.07) is 5.45. The first kappa shape index (κ1) is 21.8. The Morgan fingerprint density at radius 3 is 2.62 bits per heavy atom. The highest BCUT2D eigenvalue weighted by Crippen LogP contribution is 2.32. The number of nitrogens with zero attached hydrogens (tertiary/aromatic N) is 3. The van der Waals surface area contributed by atoms with Crippen LogP contribution in [0.3, 0.4) is 0 Å². The first-order valence-corrected chi connectivity index (χ1v) is 11.1. The highest BCUT2D eigenvalue weighted by molar-refractivity contribution is 7.90. The van der Waals surface area contributed by atoms with Crippen molar-refractivity contribution < 1.29 is 26.3 Å². The van der Waals surface area contributed by atoms with E-state index < -0.39 is 21.6 Å². The van der Waals surface area contributed by atoms with E-state index in [1.165, 1.54) is 18.3 Å². The molecule has 1 aromatic carbocycles. The molecular weight excluding hydrogens is 407 g/mol. The number of sulfone groups is 1. The van der Waals surface area contributed by atoms with Crippen molar-refractivity contribution in [2.75, 3.05) is 19.9 Å². The van der Waals surface area contributed by atoms with Gasteiger partial charge in [-0.15, -0.1) is 0 Å². The van der Waals surface area contributed by atoms with Crippen LogP contribution < -0.4 is 0 Å². The van der Waals surface area contributed by atoms with Crippen LogP contribution in [0.25, 0.3) is 0 Å². The summed E-state index contributed by atoms with van der Waals surface area (Å²) in [4.78, 5) is 5.77. The molecule has 0 bridgehead atoms. The number of rotatable bonds is 7. The average molecular weight is 431 g/mol. The Hall–Kier alpha value is -1.91. The third-order valence-corrected chi connectivity index (χ3v) is 5.83. The van der Waals surface area contributed by atoms with Crippen molar-refractivity contribution >= 4 is 9.84 Å². The van der Waals surface area contributed by atoms with Gasteiger partial charge in [0.2, 0.25) is 15.0 Å². The SMILES string of the molecule is CN(Cc1ccccc1C(F)(F)F)Cc1cnc(S(C)(=O)=O)n1CC1CCCO1. The second-order valence-corrected chi connectivity index (χ2v) is 9.29. The normalized spacial score (nSPS) is 17.9. The number of benzene rings is 1. The van der Waals surface area contributed by atoms with Crippen LogP contribution in [0.15, 0.2) is 35.6 Å². The fourth-order valence-electron chi connectivity index (χ4n) is 3.56. The summed E-state index contributed by atoms with van der Waals surface area (Å²) in [5.41, 5.74) is 0.112. The van der Waals surface area contributed by atoms with E-state index in [2.05, 4.69) is 4.98 Å². The topological polar surface area (TPSA) is 64.4 Å². The van der Waals surface area contributed by atoms with E-state index in [1.54, 1.807) is 22.6 Å². The van der Waals surface area contributed by atoms with E-state index in [4.69, 9.17) is 4.74 Å². The lowest BCUT2D eigenvalue weighted by Gasteiger charge is -2.21. The zero-order valence-corrected chi connectivity index (χ0v) is 17.1. The van der Waals surface area contributed by atoms with Crippen LogP contribution in [0.2, 0.25) is 0 Å². The third-order valence-electron chi connectivity index (χ3n) is 4.84. The minimum absolute atomic E-state index is 0.0490. The monoisotopic (exact) mass is 431 g/mol. The predicted molar refractivity (Wildman–Crippen MR) is 101 cm³/mol. The van der Waals surface area contributed by atoms with Gasteiger partial charge in [-0.1, -0.05) is 18.2 Å². The molecule has 3 rings (SSSR count). The Labute approximate surface area is 168 Å². The van der Waals surface area contributed by atoms with E-state index in [-0.39, 0.29) is 29.9 Å². The Morgan fingerprint density at radius 1 is 1.28 bits per heavy atom. The zero-order chi connectivity index (χ0) is 21.2. The molecule has 0 spiro atoms. The van der Waals surface area contributed by atoms with Crippen LogP contribution in [0, 0.1) is 0 Å². The molecular formula is C19H24F3N3O3S. The van der Waals surface area contributed by atoms with Crippen LogP contribution in [0.5, 0.6) is 0 Å². The van der Waals surface area contributed by atoms with Crippen molar-refractivity contribution in [2.45, 2.75) is 49.9 Å². The van der Waals surface area contributed by atoms with Crippen LogP contribution in [-0.4, -0.2) is 48.9 Å². The Morgan fingerprint density at radius 2 is 2.00 bits per heavy atom. The third kappa shape index (κ3) is 5.37. The van der Waals surface area contributed by atoms with Gasteiger partial charge >= 0.3 is 6.18 Å². The molecule has 0 saturated carbocycles. The van der Waals surface area contributed by atoms with E-state index in [1.807, 2.05) is 0 Å². The summed E-state index contributed by atoms with van der Waals surface area (Å²) in [5.74, 6) is 0. The van der Waals surface area contributed by atoms with E-state index in [9.17, 15) is 21.6 Å². The summed E-state index contributed by atoms with van der Waals surface area (Å²) in [5, 5.41) is -0.0490. The van der Waals surface area contributed by atoms with Gasteiger partial charge in [0.25, 0.3) is 0 Å². The molecule has 1 fully saturated rings. The van der Waals surface area contributed by atoms with Gasteiger partial charge in [0.05, 0.1) is 30.1 Å². The van der Waals surface area contributed by atoms with Crippen LogP contribution >= 0.6 is 0 Å². The lowest BCUT2D eigenvalue weighted by molar-refractivity contribution is -0.138. The van der Waals surface area contributed by atoms with Gasteiger partial charge < -0.3 is 9.30 Å². The number of halogens is 3. The Kier molecular flexibility index (Phi) is 6.35. The molecule has 2 aromatic rings. The maximum absolute atomic E-state index is 13.2. The summed E-state index contributed by atoms with van der Waals surface area (Å²) in [6.45, 7) is 1.30. The smallest absolute Gasteiger partial charge is 0.376 e. The number of hydrogen-bond acceptors (Lipinski definition) is 5. The standard InChI is InChI=1S/C19H24F3N3O3S/c1-24(11-14-6-3-4-8-17(14)19(20,21)22)12-15-10-23-18(29(2,26)27)25(15)13-16-7-5-9-28-16/h3-4,6,8,10,16H,5,7,9,11-13H2,1-2H3. The first-order valence-electron chi connectivity index (χ1n) is 9.25. The van der Waals surface area contributed by atoms with Gasteiger partial charge in [0, 0.05) is 26.0 Å². The van der Waals surface area contributed by atoms with Gasteiger partial charge in [0.15, 0.2) is 0 Å². The van der Waals surface area contributed by atoms with Crippen molar-refractivity contribution in [2.24, 2.45) is 0 Å². The molecule has 0 aliphatic carbocycles. The molecule has 1 aliphatic heterocycles. The molecule has 0 amide bonds. The highest BCUT2D eigenvalue weighted by Gasteiger charge is 2.33. The van der Waals surface area contributed by atoms with Crippen molar-refractivity contribution in [3.63, 3.8) is 0 Å². The molecule has 6 nitrogen and oxygen atoms in total. The average Bonchev–Trinajstić information content (AvgIpc) is 3.25. The van der Waals surface area contributed by atoms with Crippen LogP contribution in [0.4, 0.5) is 13.2 Å². The molecule has 1 saturated heterocycles. The lowest BCUT2D eigenvalue weighted by atomic mass is 10.1. The predicted octanol–water partition coefficient (Wildman–Crippen LogP) is 3.12. The number of alkyl halides is 3. The second-order valence-electron chi connectivity index (χ2n) is 7.38. The van der Waals surface area contributed by atoms with E-state index >= 15 is 0 Å². The van der Waals surface area contributed by atoms with Crippen molar-refractivity contribution in [1.82, 2.24) is 14.5 Å². The van der Waals surface area contributed by atoms with Crippen LogP contribution in [0.1, 0.15) is 29.7 Å². The fourth-order valence-corrected chi connectivity index (χ4v) is 4.40. The van der Waals surface area contributed by atoms with Gasteiger partial charge in [-0.25, -0.2) is 13.4 Å². The summed E-state index contributed by atoms with van der Waals surface area (Å²) < 4.78 is 71.2. The maximum atomic E-state index is 13.2. The molecule has 160 valence electrons. The second kappa shape index (κ2) is 8.45. The number of aromatic nitrogens is 2. The number of ether oxygens (including phenoxy) is 1. The minimum atomic E-state index is -4.43. The molecule has 1 unspecified atom stereocenters. The molecule has 1 aromatic heterocycles. The quantitative estimate of drug-likeness (QED) is 0.674.